The largest absolute Gasteiger partial charge is 0.508 e. The summed E-state index contributed by atoms with van der Waals surface area (Å²) in [6.45, 7) is 0.392. The van der Waals surface area contributed by atoms with Crippen molar-refractivity contribution in [3.05, 3.63) is 59.7 Å². The Kier molecular flexibility index (Phi) is 3.71. The average molecular weight is 257 g/mol. The zero-order valence-electron chi connectivity index (χ0n) is 10.6. The SMILES string of the molecule is CN(Cc1cccc(O)c1)C(=O)c1cccc(O)c1. The van der Waals surface area contributed by atoms with E-state index in [1.165, 1.54) is 17.0 Å². The summed E-state index contributed by atoms with van der Waals surface area (Å²) in [5, 5.41) is 18.7. The smallest absolute Gasteiger partial charge is 0.254 e. The number of nitrogens with zero attached hydrogens (tertiary/aromatic N) is 1. The van der Waals surface area contributed by atoms with Crippen molar-refractivity contribution in [2.75, 3.05) is 7.05 Å². The molecule has 4 nitrogen and oxygen atoms in total. The van der Waals surface area contributed by atoms with E-state index in [1.807, 2.05) is 6.07 Å². The van der Waals surface area contributed by atoms with Crippen LogP contribution in [0.25, 0.3) is 0 Å². The van der Waals surface area contributed by atoms with Crippen LogP contribution >= 0.6 is 0 Å². The predicted octanol–water partition coefficient (Wildman–Crippen LogP) is 2.37. The van der Waals surface area contributed by atoms with E-state index >= 15 is 0 Å². The molecular weight excluding hydrogens is 242 g/mol. The highest BCUT2D eigenvalue weighted by Gasteiger charge is 2.12. The van der Waals surface area contributed by atoms with Gasteiger partial charge in [-0.25, -0.2) is 0 Å². The number of carbonyl (C=O) groups excluding carboxylic acids is 1. The van der Waals surface area contributed by atoms with Crippen molar-refractivity contribution >= 4 is 5.91 Å². The Balaban J connectivity index is 2.12. The van der Waals surface area contributed by atoms with Crippen LogP contribution in [0.15, 0.2) is 48.5 Å². The van der Waals surface area contributed by atoms with Crippen LogP contribution in [0.4, 0.5) is 0 Å². The molecule has 0 aromatic heterocycles. The van der Waals surface area contributed by atoms with Gasteiger partial charge in [0.15, 0.2) is 0 Å². The van der Waals surface area contributed by atoms with Gasteiger partial charge >= 0.3 is 0 Å². The maximum absolute atomic E-state index is 12.1. The topological polar surface area (TPSA) is 60.8 Å². The van der Waals surface area contributed by atoms with Crippen LogP contribution < -0.4 is 0 Å². The molecule has 0 radical (unpaired) electrons. The summed E-state index contributed by atoms with van der Waals surface area (Å²) in [4.78, 5) is 13.7. The summed E-state index contributed by atoms with van der Waals surface area (Å²) in [6, 6.07) is 13.0. The molecule has 0 unspecified atom stereocenters. The van der Waals surface area contributed by atoms with Crippen LogP contribution in [0.3, 0.4) is 0 Å². The molecule has 2 N–H and O–H groups in total. The number of rotatable bonds is 3. The first-order chi connectivity index (χ1) is 9.06. The first-order valence-corrected chi connectivity index (χ1v) is 5.88. The lowest BCUT2D eigenvalue weighted by atomic mass is 10.1. The summed E-state index contributed by atoms with van der Waals surface area (Å²) in [5.41, 5.74) is 1.28. The fraction of sp³-hybridized carbons (Fsp3) is 0.133. The van der Waals surface area contributed by atoms with E-state index in [0.717, 1.165) is 5.56 Å². The first-order valence-electron chi connectivity index (χ1n) is 5.88. The van der Waals surface area contributed by atoms with Gasteiger partial charge in [0.25, 0.3) is 5.91 Å². The van der Waals surface area contributed by atoms with Crippen LogP contribution in [0.5, 0.6) is 11.5 Å². The van der Waals surface area contributed by atoms with Gasteiger partial charge < -0.3 is 15.1 Å². The maximum Gasteiger partial charge on any atom is 0.254 e. The lowest BCUT2D eigenvalue weighted by molar-refractivity contribution is 0.0784. The molecule has 0 bridgehead atoms. The molecule has 0 heterocycles. The summed E-state index contributed by atoms with van der Waals surface area (Å²) in [5.74, 6) is 0.0616. The van der Waals surface area contributed by atoms with Crippen LogP contribution in [0.1, 0.15) is 15.9 Å². The van der Waals surface area contributed by atoms with Gasteiger partial charge in [-0.3, -0.25) is 4.79 Å². The van der Waals surface area contributed by atoms with Crippen molar-refractivity contribution in [3.63, 3.8) is 0 Å². The van der Waals surface area contributed by atoms with E-state index in [-0.39, 0.29) is 17.4 Å². The lowest BCUT2D eigenvalue weighted by Gasteiger charge is -2.17. The van der Waals surface area contributed by atoms with Gasteiger partial charge in [-0.15, -0.1) is 0 Å². The second-order valence-corrected chi connectivity index (χ2v) is 4.38. The zero-order chi connectivity index (χ0) is 13.8. The van der Waals surface area contributed by atoms with E-state index < -0.39 is 0 Å². The number of phenols is 2. The van der Waals surface area contributed by atoms with Crippen LogP contribution in [0.2, 0.25) is 0 Å². The average Bonchev–Trinajstić information content (AvgIpc) is 2.38. The molecule has 0 aliphatic carbocycles. The van der Waals surface area contributed by atoms with Gasteiger partial charge in [-0.1, -0.05) is 18.2 Å². The molecule has 2 rings (SSSR count). The second kappa shape index (κ2) is 5.44. The molecule has 0 fully saturated rings. The van der Waals surface area contributed by atoms with E-state index in [4.69, 9.17) is 0 Å². The Bertz CT molecular complexity index is 595. The summed E-state index contributed by atoms with van der Waals surface area (Å²) < 4.78 is 0. The third-order valence-electron chi connectivity index (χ3n) is 2.77. The highest BCUT2D eigenvalue weighted by atomic mass is 16.3. The Morgan fingerprint density at radius 2 is 1.68 bits per heavy atom. The van der Waals surface area contributed by atoms with Crippen LogP contribution in [-0.2, 0) is 6.54 Å². The number of carbonyl (C=O) groups is 1. The Hall–Kier alpha value is -2.49. The molecule has 0 spiro atoms. The molecule has 2 aromatic rings. The monoisotopic (exact) mass is 257 g/mol. The minimum Gasteiger partial charge on any atom is -0.508 e. The predicted molar refractivity (Wildman–Crippen MR) is 72.0 cm³/mol. The highest BCUT2D eigenvalue weighted by molar-refractivity contribution is 5.94. The molecule has 2 aromatic carbocycles. The van der Waals surface area contributed by atoms with Gasteiger partial charge in [0.1, 0.15) is 11.5 Å². The molecular formula is C15H15NO3. The van der Waals surface area contributed by atoms with E-state index in [0.29, 0.717) is 12.1 Å². The summed E-state index contributed by atoms with van der Waals surface area (Å²) >= 11 is 0. The van der Waals surface area contributed by atoms with Crippen LogP contribution in [-0.4, -0.2) is 28.1 Å². The summed E-state index contributed by atoms with van der Waals surface area (Å²) in [7, 11) is 1.68. The maximum atomic E-state index is 12.1. The van der Waals surface area contributed by atoms with Crippen molar-refractivity contribution < 1.29 is 15.0 Å². The molecule has 1 amide bonds. The molecule has 0 aliphatic heterocycles. The number of amides is 1. The van der Waals surface area contributed by atoms with Gasteiger partial charge in [0, 0.05) is 19.2 Å². The molecule has 19 heavy (non-hydrogen) atoms. The second-order valence-electron chi connectivity index (χ2n) is 4.38. The van der Waals surface area contributed by atoms with Crippen molar-refractivity contribution in [2.45, 2.75) is 6.54 Å². The zero-order valence-corrected chi connectivity index (χ0v) is 10.6. The Morgan fingerprint density at radius 1 is 1.05 bits per heavy atom. The van der Waals surface area contributed by atoms with Crippen molar-refractivity contribution in [3.8, 4) is 11.5 Å². The molecule has 0 atom stereocenters. The molecule has 0 saturated heterocycles. The molecule has 0 saturated carbocycles. The van der Waals surface area contributed by atoms with Gasteiger partial charge in [0.2, 0.25) is 0 Å². The summed E-state index contributed by atoms with van der Waals surface area (Å²) in [6.07, 6.45) is 0. The van der Waals surface area contributed by atoms with Crippen molar-refractivity contribution in [1.29, 1.82) is 0 Å². The van der Waals surface area contributed by atoms with Gasteiger partial charge in [0.05, 0.1) is 0 Å². The Labute approximate surface area is 111 Å². The highest BCUT2D eigenvalue weighted by Crippen LogP contribution is 2.16. The number of benzene rings is 2. The first kappa shape index (κ1) is 13.0. The minimum atomic E-state index is -0.181. The third kappa shape index (κ3) is 3.25. The fourth-order valence-electron chi connectivity index (χ4n) is 1.86. The normalized spacial score (nSPS) is 10.2. The van der Waals surface area contributed by atoms with Crippen molar-refractivity contribution in [1.82, 2.24) is 4.90 Å². The van der Waals surface area contributed by atoms with E-state index in [2.05, 4.69) is 0 Å². The number of aromatic hydroxyl groups is 2. The molecule has 4 heteroatoms. The Morgan fingerprint density at radius 3 is 2.32 bits per heavy atom. The molecule has 0 aliphatic rings. The lowest BCUT2D eigenvalue weighted by Crippen LogP contribution is -2.26. The number of phenolic OH excluding ortho intramolecular Hbond substituents is 2. The van der Waals surface area contributed by atoms with Crippen molar-refractivity contribution in [2.24, 2.45) is 0 Å². The third-order valence-corrected chi connectivity index (χ3v) is 2.77. The van der Waals surface area contributed by atoms with Gasteiger partial charge in [-0.05, 0) is 35.9 Å². The quantitative estimate of drug-likeness (QED) is 0.887. The molecule has 98 valence electrons. The van der Waals surface area contributed by atoms with E-state index in [9.17, 15) is 15.0 Å². The standard InChI is InChI=1S/C15H15NO3/c1-16(10-11-4-2-6-13(17)8-11)15(19)12-5-3-7-14(18)9-12/h2-9,17-18H,10H2,1H3. The van der Waals surface area contributed by atoms with E-state index in [1.54, 1.807) is 37.4 Å². The minimum absolute atomic E-state index is 0.0663. The number of hydrogen-bond donors (Lipinski definition) is 2. The van der Waals surface area contributed by atoms with Crippen LogP contribution in [0, 0.1) is 0 Å². The van der Waals surface area contributed by atoms with Gasteiger partial charge in [-0.2, -0.15) is 0 Å². The number of hydrogen-bond acceptors (Lipinski definition) is 3. The fourth-order valence-corrected chi connectivity index (χ4v) is 1.86.